The zero-order valence-electron chi connectivity index (χ0n) is 16.9. The third-order valence-electron chi connectivity index (χ3n) is 6.18. The molecule has 1 aliphatic heterocycles. The zero-order chi connectivity index (χ0) is 19.8. The molecule has 3 heterocycles. The number of carbonyl (C=O) groups excluding carboxylic acids is 1. The number of fused-ring (bicyclic) bond motifs is 1. The molecule has 2 aromatic heterocycles. The van der Waals surface area contributed by atoms with E-state index in [1.54, 1.807) is 0 Å². The first-order chi connectivity index (χ1) is 14.2. The first kappa shape index (κ1) is 18.4. The van der Waals surface area contributed by atoms with E-state index in [2.05, 4.69) is 26.5 Å². The van der Waals surface area contributed by atoms with Crippen molar-refractivity contribution in [2.75, 3.05) is 29.9 Å². The summed E-state index contributed by atoms with van der Waals surface area (Å²) in [7, 11) is 0. The zero-order valence-corrected chi connectivity index (χ0v) is 16.9. The van der Waals surface area contributed by atoms with Gasteiger partial charge in [0.1, 0.15) is 5.82 Å². The van der Waals surface area contributed by atoms with Crippen LogP contribution < -0.4 is 10.2 Å². The second-order valence-corrected chi connectivity index (χ2v) is 8.27. The van der Waals surface area contributed by atoms with E-state index in [-0.39, 0.29) is 11.9 Å². The van der Waals surface area contributed by atoms with Crippen LogP contribution in [0.1, 0.15) is 61.9 Å². The predicted molar refractivity (Wildman–Crippen MR) is 109 cm³/mol. The second-order valence-electron chi connectivity index (χ2n) is 8.27. The molecule has 0 bridgehead atoms. The van der Waals surface area contributed by atoms with E-state index in [1.165, 1.54) is 24.1 Å². The molecule has 3 aliphatic rings. The largest absolute Gasteiger partial charge is 0.466 e. The molecular weight excluding hydrogens is 368 g/mol. The number of ether oxygens (including phenoxy) is 1. The average Bonchev–Trinajstić information content (AvgIpc) is 3.29. The summed E-state index contributed by atoms with van der Waals surface area (Å²) in [6.07, 6.45) is 7.17. The minimum atomic E-state index is -0.0747. The molecule has 0 radical (unpaired) electrons. The molecule has 8 heteroatoms. The predicted octanol–water partition coefficient (Wildman–Crippen LogP) is 3.09. The molecule has 2 aromatic rings. The number of aromatic nitrogens is 4. The van der Waals surface area contributed by atoms with Crippen LogP contribution in [-0.4, -0.2) is 45.8 Å². The highest BCUT2D eigenvalue weighted by Gasteiger charge is 2.29. The van der Waals surface area contributed by atoms with Crippen molar-refractivity contribution in [3.8, 4) is 0 Å². The molecule has 1 saturated carbocycles. The van der Waals surface area contributed by atoms with Crippen LogP contribution in [0.3, 0.4) is 0 Å². The van der Waals surface area contributed by atoms with Crippen molar-refractivity contribution >= 4 is 23.6 Å². The fourth-order valence-electron chi connectivity index (χ4n) is 4.36. The Bertz CT molecular complexity index is 899. The Balaban J connectivity index is 1.33. The fourth-order valence-corrected chi connectivity index (χ4v) is 4.36. The van der Waals surface area contributed by atoms with Gasteiger partial charge in [-0.25, -0.2) is 4.98 Å². The Morgan fingerprint density at radius 1 is 1.24 bits per heavy atom. The van der Waals surface area contributed by atoms with Crippen LogP contribution in [0.15, 0.2) is 6.07 Å². The number of carbonyl (C=O) groups is 1. The molecule has 0 amide bonds. The number of aromatic amines is 1. The van der Waals surface area contributed by atoms with Crippen molar-refractivity contribution in [2.24, 2.45) is 5.92 Å². The van der Waals surface area contributed by atoms with Gasteiger partial charge in [0.2, 0.25) is 5.95 Å². The van der Waals surface area contributed by atoms with E-state index in [1.807, 2.05) is 6.92 Å². The van der Waals surface area contributed by atoms with E-state index in [4.69, 9.17) is 14.7 Å². The van der Waals surface area contributed by atoms with Gasteiger partial charge in [0, 0.05) is 36.3 Å². The van der Waals surface area contributed by atoms with Crippen molar-refractivity contribution in [3.05, 3.63) is 23.0 Å². The topological polar surface area (TPSA) is 96.0 Å². The first-order valence-electron chi connectivity index (χ1n) is 10.8. The molecule has 0 aromatic carbocycles. The Labute approximate surface area is 170 Å². The standard InChI is InChI=1S/C21H28N6O2/c1-2-29-20(28)14-8-10-27(11-9-14)21-22-16-5-3-4-15(16)19(24-21)23-18-12-17(25-26-18)13-6-7-13/h12-14H,2-11H2,1H3,(H2,22,23,24,25,26). The number of anilines is 3. The van der Waals surface area contributed by atoms with Crippen LogP contribution in [0.5, 0.6) is 0 Å². The van der Waals surface area contributed by atoms with Crippen molar-refractivity contribution in [3.63, 3.8) is 0 Å². The van der Waals surface area contributed by atoms with Crippen LogP contribution in [-0.2, 0) is 22.4 Å². The molecule has 0 atom stereocenters. The minimum Gasteiger partial charge on any atom is -0.466 e. The number of esters is 1. The maximum absolute atomic E-state index is 12.0. The van der Waals surface area contributed by atoms with Gasteiger partial charge in [0.05, 0.1) is 18.2 Å². The SMILES string of the molecule is CCOC(=O)C1CCN(c2nc3c(c(Nc4cc(C5CC5)[nH]n4)n2)CCC3)CC1. The van der Waals surface area contributed by atoms with E-state index in [0.29, 0.717) is 12.5 Å². The van der Waals surface area contributed by atoms with Crippen molar-refractivity contribution in [1.29, 1.82) is 0 Å². The molecule has 5 rings (SSSR count). The Hall–Kier alpha value is -2.64. The van der Waals surface area contributed by atoms with Gasteiger partial charge in [-0.2, -0.15) is 10.1 Å². The lowest BCUT2D eigenvalue weighted by Gasteiger charge is -2.31. The van der Waals surface area contributed by atoms with Gasteiger partial charge < -0.3 is 15.0 Å². The molecule has 2 aliphatic carbocycles. The molecule has 2 N–H and O–H groups in total. The Morgan fingerprint density at radius 3 is 2.83 bits per heavy atom. The fraction of sp³-hybridized carbons (Fsp3) is 0.619. The number of hydrogen-bond donors (Lipinski definition) is 2. The first-order valence-corrected chi connectivity index (χ1v) is 10.8. The molecule has 29 heavy (non-hydrogen) atoms. The summed E-state index contributed by atoms with van der Waals surface area (Å²) in [5.74, 6) is 3.02. The normalized spacial score (nSPS) is 19.3. The van der Waals surface area contributed by atoms with E-state index in [0.717, 1.165) is 68.5 Å². The number of nitrogens with zero attached hydrogens (tertiary/aromatic N) is 4. The van der Waals surface area contributed by atoms with Gasteiger partial charge in [0.25, 0.3) is 0 Å². The maximum Gasteiger partial charge on any atom is 0.309 e. The number of hydrogen-bond acceptors (Lipinski definition) is 7. The quantitative estimate of drug-likeness (QED) is 0.724. The van der Waals surface area contributed by atoms with E-state index in [9.17, 15) is 4.79 Å². The van der Waals surface area contributed by atoms with E-state index < -0.39 is 0 Å². The summed E-state index contributed by atoms with van der Waals surface area (Å²) in [6, 6.07) is 2.10. The highest BCUT2D eigenvalue weighted by atomic mass is 16.5. The van der Waals surface area contributed by atoms with Gasteiger partial charge in [0.15, 0.2) is 5.82 Å². The molecule has 0 spiro atoms. The van der Waals surface area contributed by atoms with Crippen LogP contribution in [0.25, 0.3) is 0 Å². The van der Waals surface area contributed by atoms with Crippen LogP contribution in [0.4, 0.5) is 17.6 Å². The van der Waals surface area contributed by atoms with Gasteiger partial charge in [-0.15, -0.1) is 0 Å². The number of H-pyrrole nitrogens is 1. The highest BCUT2D eigenvalue weighted by molar-refractivity contribution is 5.72. The summed E-state index contributed by atoms with van der Waals surface area (Å²) in [5.41, 5.74) is 3.56. The summed E-state index contributed by atoms with van der Waals surface area (Å²) in [5, 5.41) is 11.0. The monoisotopic (exact) mass is 396 g/mol. The number of rotatable bonds is 6. The Kier molecular flexibility index (Phi) is 4.85. The minimum absolute atomic E-state index is 0.0110. The lowest BCUT2D eigenvalue weighted by Crippen LogP contribution is -2.38. The molecule has 154 valence electrons. The van der Waals surface area contributed by atoms with Crippen LogP contribution in [0, 0.1) is 5.92 Å². The molecular formula is C21H28N6O2. The summed E-state index contributed by atoms with van der Waals surface area (Å²) >= 11 is 0. The smallest absolute Gasteiger partial charge is 0.309 e. The van der Waals surface area contributed by atoms with Crippen molar-refractivity contribution in [1.82, 2.24) is 20.2 Å². The van der Waals surface area contributed by atoms with Crippen LogP contribution in [0.2, 0.25) is 0 Å². The molecule has 1 saturated heterocycles. The van der Waals surface area contributed by atoms with Crippen molar-refractivity contribution in [2.45, 2.75) is 57.8 Å². The number of aryl methyl sites for hydroxylation is 1. The van der Waals surface area contributed by atoms with Crippen LogP contribution >= 0.6 is 0 Å². The molecule has 8 nitrogen and oxygen atoms in total. The lowest BCUT2D eigenvalue weighted by atomic mass is 9.97. The van der Waals surface area contributed by atoms with Gasteiger partial charge in [-0.3, -0.25) is 9.89 Å². The highest BCUT2D eigenvalue weighted by Crippen LogP contribution is 2.40. The molecule has 2 fully saturated rings. The summed E-state index contributed by atoms with van der Waals surface area (Å²) in [6.45, 7) is 3.84. The number of nitrogens with one attached hydrogen (secondary N) is 2. The summed E-state index contributed by atoms with van der Waals surface area (Å²) < 4.78 is 5.18. The third-order valence-corrected chi connectivity index (χ3v) is 6.18. The van der Waals surface area contributed by atoms with Gasteiger partial charge in [-0.05, 0) is 51.9 Å². The van der Waals surface area contributed by atoms with Gasteiger partial charge >= 0.3 is 5.97 Å². The van der Waals surface area contributed by atoms with Crippen molar-refractivity contribution < 1.29 is 9.53 Å². The third kappa shape index (κ3) is 3.80. The van der Waals surface area contributed by atoms with Gasteiger partial charge in [-0.1, -0.05) is 0 Å². The second kappa shape index (κ2) is 7.65. The average molecular weight is 396 g/mol. The molecule has 0 unspecified atom stereocenters. The Morgan fingerprint density at radius 2 is 2.07 bits per heavy atom. The maximum atomic E-state index is 12.0. The lowest BCUT2D eigenvalue weighted by molar-refractivity contribution is -0.148. The van der Waals surface area contributed by atoms with E-state index >= 15 is 0 Å². The summed E-state index contributed by atoms with van der Waals surface area (Å²) in [4.78, 5) is 23.9. The number of piperidine rings is 1.